The van der Waals surface area contributed by atoms with Crippen LogP contribution in [0.25, 0.3) is 0 Å². The van der Waals surface area contributed by atoms with Gasteiger partial charge in [0.25, 0.3) is 0 Å². The molecule has 2 heterocycles. The van der Waals surface area contributed by atoms with E-state index in [1.807, 2.05) is 25.1 Å². The van der Waals surface area contributed by atoms with E-state index < -0.39 is 0 Å². The Balaban J connectivity index is 2.23. The molecule has 1 aliphatic rings. The molecular weight excluding hydrogens is 166 g/mol. The fourth-order valence-corrected chi connectivity index (χ4v) is 1.43. The Labute approximate surface area is 76.5 Å². The van der Waals surface area contributed by atoms with Crippen molar-refractivity contribution in [3.8, 4) is 0 Å². The molecule has 1 aliphatic heterocycles. The van der Waals surface area contributed by atoms with Gasteiger partial charge in [-0.1, -0.05) is 6.07 Å². The number of rotatable bonds is 1. The van der Waals surface area contributed by atoms with Gasteiger partial charge in [0.1, 0.15) is 5.82 Å². The van der Waals surface area contributed by atoms with Crippen molar-refractivity contribution in [2.45, 2.75) is 19.4 Å². The molecule has 1 aromatic heterocycles. The number of pyridine rings is 1. The third kappa shape index (κ3) is 1.47. The van der Waals surface area contributed by atoms with Gasteiger partial charge in [-0.05, 0) is 19.1 Å². The lowest BCUT2D eigenvalue weighted by Gasteiger charge is -2.20. The minimum absolute atomic E-state index is 0.0538. The first kappa shape index (κ1) is 8.04. The van der Waals surface area contributed by atoms with E-state index in [0.717, 1.165) is 5.82 Å². The standard InChI is InChI=1S/C9H11N3O/c1-7-6-9(13)11-12(7)8-4-2-3-5-10-8/h2-5,7H,6H2,1H3,(H,11,13). The van der Waals surface area contributed by atoms with Crippen LogP contribution >= 0.6 is 0 Å². The number of carbonyl (C=O) groups is 1. The number of hydrogen-bond acceptors (Lipinski definition) is 3. The van der Waals surface area contributed by atoms with Crippen LogP contribution in [0, 0.1) is 0 Å². The molecule has 0 saturated carbocycles. The van der Waals surface area contributed by atoms with E-state index in [-0.39, 0.29) is 11.9 Å². The Bertz CT molecular complexity index is 312. The van der Waals surface area contributed by atoms with Gasteiger partial charge in [0.15, 0.2) is 0 Å². The average molecular weight is 177 g/mol. The second-order valence-electron chi connectivity index (χ2n) is 3.15. The molecule has 0 aromatic carbocycles. The second kappa shape index (κ2) is 3.05. The number of amides is 1. The molecule has 4 nitrogen and oxygen atoms in total. The fraction of sp³-hybridized carbons (Fsp3) is 0.333. The number of hydrazine groups is 1. The van der Waals surface area contributed by atoms with Crippen LogP contribution in [-0.2, 0) is 4.79 Å². The molecule has 1 amide bonds. The van der Waals surface area contributed by atoms with Crippen molar-refractivity contribution >= 4 is 11.7 Å². The van der Waals surface area contributed by atoms with Crippen LogP contribution in [0.4, 0.5) is 5.82 Å². The first-order valence-corrected chi connectivity index (χ1v) is 4.27. The Kier molecular flexibility index (Phi) is 1.88. The summed E-state index contributed by atoms with van der Waals surface area (Å²) in [6.45, 7) is 1.99. The summed E-state index contributed by atoms with van der Waals surface area (Å²) in [5.41, 5.74) is 2.75. The molecule has 1 N–H and O–H groups in total. The molecule has 0 spiro atoms. The molecule has 1 saturated heterocycles. The predicted octanol–water partition coefficient (Wildman–Crippen LogP) is 0.711. The van der Waals surface area contributed by atoms with Gasteiger partial charge in [0, 0.05) is 6.20 Å². The van der Waals surface area contributed by atoms with Crippen LogP contribution in [0.1, 0.15) is 13.3 Å². The van der Waals surface area contributed by atoms with Crippen LogP contribution in [0.3, 0.4) is 0 Å². The zero-order valence-corrected chi connectivity index (χ0v) is 7.40. The highest BCUT2D eigenvalue weighted by molar-refractivity contribution is 5.81. The van der Waals surface area contributed by atoms with Gasteiger partial charge in [0.2, 0.25) is 5.91 Å². The Morgan fingerprint density at radius 1 is 1.62 bits per heavy atom. The highest BCUT2D eigenvalue weighted by Gasteiger charge is 2.26. The number of aromatic nitrogens is 1. The Hall–Kier alpha value is -1.58. The summed E-state index contributed by atoms with van der Waals surface area (Å²) in [6, 6.07) is 5.82. The van der Waals surface area contributed by atoms with E-state index in [4.69, 9.17) is 0 Å². The number of nitrogens with one attached hydrogen (secondary N) is 1. The van der Waals surface area contributed by atoms with E-state index in [1.165, 1.54) is 0 Å². The summed E-state index contributed by atoms with van der Waals surface area (Å²) >= 11 is 0. The van der Waals surface area contributed by atoms with Gasteiger partial charge in [-0.25, -0.2) is 4.98 Å². The maximum Gasteiger partial charge on any atom is 0.240 e. The monoisotopic (exact) mass is 177 g/mol. The summed E-state index contributed by atoms with van der Waals surface area (Å²) in [4.78, 5) is 15.2. The van der Waals surface area contributed by atoms with Gasteiger partial charge in [-0.2, -0.15) is 0 Å². The topological polar surface area (TPSA) is 45.2 Å². The van der Waals surface area contributed by atoms with E-state index in [9.17, 15) is 4.79 Å². The number of carbonyl (C=O) groups excluding carboxylic acids is 1. The second-order valence-corrected chi connectivity index (χ2v) is 3.15. The molecule has 1 aromatic rings. The van der Waals surface area contributed by atoms with Crippen molar-refractivity contribution in [3.05, 3.63) is 24.4 Å². The number of anilines is 1. The fourth-order valence-electron chi connectivity index (χ4n) is 1.43. The normalized spacial score (nSPS) is 21.8. The molecule has 1 unspecified atom stereocenters. The van der Waals surface area contributed by atoms with E-state index in [2.05, 4.69) is 10.4 Å². The molecule has 0 aliphatic carbocycles. The molecule has 2 rings (SSSR count). The smallest absolute Gasteiger partial charge is 0.240 e. The van der Waals surface area contributed by atoms with Crippen LogP contribution in [0.15, 0.2) is 24.4 Å². The minimum Gasteiger partial charge on any atom is -0.273 e. The average Bonchev–Trinajstić information content (AvgIpc) is 2.47. The molecule has 13 heavy (non-hydrogen) atoms. The quantitative estimate of drug-likeness (QED) is 0.687. The summed E-state index contributed by atoms with van der Waals surface area (Å²) in [6.07, 6.45) is 2.25. The van der Waals surface area contributed by atoms with Gasteiger partial charge in [0.05, 0.1) is 12.5 Å². The lowest BCUT2D eigenvalue weighted by molar-refractivity contribution is -0.119. The number of nitrogens with zero attached hydrogens (tertiary/aromatic N) is 2. The summed E-state index contributed by atoms with van der Waals surface area (Å²) in [5.74, 6) is 0.846. The highest BCUT2D eigenvalue weighted by Crippen LogP contribution is 2.16. The van der Waals surface area contributed by atoms with E-state index >= 15 is 0 Å². The zero-order valence-electron chi connectivity index (χ0n) is 7.40. The number of hydrogen-bond donors (Lipinski definition) is 1. The van der Waals surface area contributed by atoms with Gasteiger partial charge in [-0.3, -0.25) is 15.2 Å². The van der Waals surface area contributed by atoms with Crippen molar-refractivity contribution in [2.75, 3.05) is 5.01 Å². The molecule has 1 fully saturated rings. The van der Waals surface area contributed by atoms with Crippen LogP contribution in [-0.4, -0.2) is 16.9 Å². The SMILES string of the molecule is CC1CC(=O)NN1c1ccccn1. The molecule has 0 radical (unpaired) electrons. The summed E-state index contributed by atoms with van der Waals surface area (Å²) in [7, 11) is 0. The van der Waals surface area contributed by atoms with Gasteiger partial charge in [-0.15, -0.1) is 0 Å². The lowest BCUT2D eigenvalue weighted by atomic mass is 10.2. The Morgan fingerprint density at radius 3 is 3.00 bits per heavy atom. The Morgan fingerprint density at radius 2 is 2.46 bits per heavy atom. The summed E-state index contributed by atoms with van der Waals surface area (Å²) < 4.78 is 0. The third-order valence-corrected chi connectivity index (χ3v) is 2.06. The van der Waals surface area contributed by atoms with Crippen molar-refractivity contribution in [2.24, 2.45) is 0 Å². The van der Waals surface area contributed by atoms with Gasteiger partial charge >= 0.3 is 0 Å². The van der Waals surface area contributed by atoms with Crippen molar-refractivity contribution in [3.63, 3.8) is 0 Å². The largest absolute Gasteiger partial charge is 0.273 e. The lowest BCUT2D eigenvalue weighted by Crippen LogP contribution is -2.37. The van der Waals surface area contributed by atoms with Crippen LogP contribution in [0.5, 0.6) is 0 Å². The first-order chi connectivity index (χ1) is 6.27. The highest BCUT2D eigenvalue weighted by atomic mass is 16.2. The minimum atomic E-state index is 0.0538. The maximum absolute atomic E-state index is 11.1. The van der Waals surface area contributed by atoms with E-state index in [0.29, 0.717) is 6.42 Å². The van der Waals surface area contributed by atoms with Crippen molar-refractivity contribution < 1.29 is 4.79 Å². The predicted molar refractivity (Wildman–Crippen MR) is 48.9 cm³/mol. The molecular formula is C9H11N3O. The van der Waals surface area contributed by atoms with Crippen molar-refractivity contribution in [1.82, 2.24) is 10.4 Å². The first-order valence-electron chi connectivity index (χ1n) is 4.27. The van der Waals surface area contributed by atoms with Crippen molar-refractivity contribution in [1.29, 1.82) is 0 Å². The molecule has 0 bridgehead atoms. The van der Waals surface area contributed by atoms with E-state index in [1.54, 1.807) is 11.2 Å². The third-order valence-electron chi connectivity index (χ3n) is 2.06. The molecule has 4 heteroatoms. The van der Waals surface area contributed by atoms with Crippen LogP contribution in [0.2, 0.25) is 0 Å². The van der Waals surface area contributed by atoms with Gasteiger partial charge < -0.3 is 0 Å². The maximum atomic E-state index is 11.1. The van der Waals surface area contributed by atoms with Crippen LogP contribution < -0.4 is 10.4 Å². The zero-order chi connectivity index (χ0) is 9.26. The summed E-state index contributed by atoms with van der Waals surface area (Å²) in [5, 5.41) is 1.79. The molecule has 1 atom stereocenters. The molecule has 68 valence electrons.